The maximum atomic E-state index is 9.00. The topological polar surface area (TPSA) is 87.0 Å². The summed E-state index contributed by atoms with van der Waals surface area (Å²) in [6.45, 7) is 9.26. The van der Waals surface area contributed by atoms with Crippen LogP contribution >= 0.6 is 0 Å². The average Bonchev–Trinajstić information content (AvgIpc) is 2.29. The summed E-state index contributed by atoms with van der Waals surface area (Å²) in [5.41, 5.74) is 0. The predicted octanol–water partition coefficient (Wildman–Crippen LogP) is 2.79. The molecule has 3 N–H and O–H groups in total. The van der Waals surface area contributed by atoms with Gasteiger partial charge in [-0.15, -0.1) is 0 Å². The Labute approximate surface area is 117 Å². The second-order valence-corrected chi connectivity index (χ2v) is 4.11. The van der Waals surface area contributed by atoms with Gasteiger partial charge in [-0.05, 0) is 19.3 Å². The van der Waals surface area contributed by atoms with E-state index in [1.165, 1.54) is 25.7 Å². The van der Waals surface area contributed by atoms with E-state index in [2.05, 4.69) is 13.8 Å². The summed E-state index contributed by atoms with van der Waals surface area (Å²) >= 11 is 0. The minimum absolute atomic E-state index is 0.486. The Morgan fingerprint density at radius 3 is 1.53 bits per heavy atom. The molecule has 0 amide bonds. The Bertz CT molecular complexity index is 150. The van der Waals surface area contributed by atoms with Crippen LogP contribution in [0.1, 0.15) is 66.2 Å². The maximum absolute atomic E-state index is 9.00. The second-order valence-electron chi connectivity index (χ2n) is 4.11. The largest absolute Gasteiger partial charge is 0.481 e. The molecule has 0 aliphatic carbocycles. The van der Waals surface area contributed by atoms with Crippen molar-refractivity contribution < 1.29 is 24.9 Å². The summed E-state index contributed by atoms with van der Waals surface area (Å²) in [5, 5.41) is 23.6. The fraction of sp³-hybridized carbons (Fsp3) is 0.929. The van der Waals surface area contributed by atoms with Gasteiger partial charge in [-0.25, -0.2) is 0 Å². The standard InChI is InChI=1S/C8H18O.C4H10O2.C2H4O2/c1-3-5-7-9-8-6-4-2;1-2-3-4(5)6;1-2(3)4/h3-8H2,1-2H3;4-6H,2-3H2,1H3;1H3,(H,3,4). The van der Waals surface area contributed by atoms with Crippen molar-refractivity contribution in [2.45, 2.75) is 72.5 Å². The number of ether oxygens (including phenoxy) is 1. The van der Waals surface area contributed by atoms with E-state index in [9.17, 15) is 0 Å². The molecule has 5 nitrogen and oxygen atoms in total. The van der Waals surface area contributed by atoms with Crippen molar-refractivity contribution in [2.75, 3.05) is 13.2 Å². The average molecular weight is 280 g/mol. The molecule has 0 aromatic carbocycles. The van der Waals surface area contributed by atoms with Crippen molar-refractivity contribution in [3.63, 3.8) is 0 Å². The van der Waals surface area contributed by atoms with Crippen molar-refractivity contribution in [1.82, 2.24) is 0 Å². The normalized spacial score (nSPS) is 9.21. The van der Waals surface area contributed by atoms with Gasteiger partial charge in [0.25, 0.3) is 5.97 Å². The van der Waals surface area contributed by atoms with E-state index in [-0.39, 0.29) is 0 Å². The van der Waals surface area contributed by atoms with Crippen molar-refractivity contribution in [3.05, 3.63) is 0 Å². The fourth-order valence-electron chi connectivity index (χ4n) is 0.853. The first-order valence-corrected chi connectivity index (χ1v) is 7.05. The number of carbonyl (C=O) groups is 1. The lowest BCUT2D eigenvalue weighted by Crippen LogP contribution is -2.01. The molecular weight excluding hydrogens is 248 g/mol. The third-order valence-corrected chi connectivity index (χ3v) is 1.83. The van der Waals surface area contributed by atoms with E-state index < -0.39 is 12.3 Å². The zero-order valence-electron chi connectivity index (χ0n) is 12.9. The summed E-state index contributed by atoms with van der Waals surface area (Å²) in [7, 11) is 0. The van der Waals surface area contributed by atoms with Gasteiger partial charge in [-0.1, -0.05) is 40.0 Å². The highest BCUT2D eigenvalue weighted by Crippen LogP contribution is 1.91. The van der Waals surface area contributed by atoms with Gasteiger partial charge >= 0.3 is 0 Å². The van der Waals surface area contributed by atoms with Gasteiger partial charge in [0.2, 0.25) is 0 Å². The quantitative estimate of drug-likeness (QED) is 0.470. The van der Waals surface area contributed by atoms with Crippen LogP contribution in [0.4, 0.5) is 0 Å². The zero-order chi connectivity index (χ0) is 15.5. The van der Waals surface area contributed by atoms with Crippen LogP contribution in [0.2, 0.25) is 0 Å². The Balaban J connectivity index is -0.000000222. The molecule has 0 rings (SSSR count). The Morgan fingerprint density at radius 1 is 1.00 bits per heavy atom. The summed E-state index contributed by atoms with van der Waals surface area (Å²) in [4.78, 5) is 9.00. The van der Waals surface area contributed by atoms with Crippen LogP contribution in [0.15, 0.2) is 0 Å². The second kappa shape index (κ2) is 22.5. The van der Waals surface area contributed by atoms with E-state index in [1.807, 2.05) is 6.92 Å². The highest BCUT2D eigenvalue weighted by Gasteiger charge is 1.89. The van der Waals surface area contributed by atoms with Crippen molar-refractivity contribution >= 4 is 5.97 Å². The molecule has 0 aromatic heterocycles. The van der Waals surface area contributed by atoms with Gasteiger partial charge in [0.15, 0.2) is 6.29 Å². The summed E-state index contributed by atoms with van der Waals surface area (Å²) in [6.07, 6.45) is 5.12. The Morgan fingerprint density at radius 2 is 1.37 bits per heavy atom. The molecule has 0 aromatic rings. The molecule has 0 heterocycles. The molecule has 0 bridgehead atoms. The highest BCUT2D eigenvalue weighted by atomic mass is 16.5. The van der Waals surface area contributed by atoms with Gasteiger partial charge < -0.3 is 20.1 Å². The van der Waals surface area contributed by atoms with E-state index in [0.29, 0.717) is 6.42 Å². The van der Waals surface area contributed by atoms with Gasteiger partial charge in [0.05, 0.1) is 0 Å². The highest BCUT2D eigenvalue weighted by molar-refractivity contribution is 5.62. The number of carboxylic acids is 1. The summed E-state index contributed by atoms with van der Waals surface area (Å²) < 4.78 is 5.31. The first-order chi connectivity index (χ1) is 8.92. The molecule has 0 aliphatic rings. The molecule has 19 heavy (non-hydrogen) atoms. The van der Waals surface area contributed by atoms with Crippen LogP contribution in [-0.2, 0) is 9.53 Å². The lowest BCUT2D eigenvalue weighted by molar-refractivity contribution is -0.134. The predicted molar refractivity (Wildman–Crippen MR) is 77.1 cm³/mol. The number of hydrogen-bond donors (Lipinski definition) is 3. The van der Waals surface area contributed by atoms with E-state index in [0.717, 1.165) is 26.6 Å². The lowest BCUT2D eigenvalue weighted by atomic mass is 10.3. The molecule has 0 aliphatic heterocycles. The molecule has 0 atom stereocenters. The minimum Gasteiger partial charge on any atom is -0.481 e. The third-order valence-electron chi connectivity index (χ3n) is 1.83. The lowest BCUT2D eigenvalue weighted by Gasteiger charge is -1.99. The molecule has 0 unspecified atom stereocenters. The van der Waals surface area contributed by atoms with Crippen LogP contribution in [0, 0.1) is 0 Å². The Kier molecular flexibility index (Phi) is 27.8. The summed E-state index contributed by atoms with van der Waals surface area (Å²) in [5.74, 6) is -0.833. The number of unbranched alkanes of at least 4 members (excludes halogenated alkanes) is 2. The summed E-state index contributed by atoms with van der Waals surface area (Å²) in [6, 6.07) is 0. The van der Waals surface area contributed by atoms with E-state index in [1.54, 1.807) is 0 Å². The van der Waals surface area contributed by atoms with Crippen LogP contribution in [0.3, 0.4) is 0 Å². The van der Waals surface area contributed by atoms with Gasteiger partial charge in [0, 0.05) is 20.1 Å². The van der Waals surface area contributed by atoms with Crippen LogP contribution in [-0.4, -0.2) is 40.8 Å². The van der Waals surface area contributed by atoms with Crippen molar-refractivity contribution in [1.29, 1.82) is 0 Å². The molecule has 5 heteroatoms. The molecule has 118 valence electrons. The van der Waals surface area contributed by atoms with Gasteiger partial charge in [0.1, 0.15) is 0 Å². The number of aliphatic hydroxyl groups excluding tert-OH is 1. The third kappa shape index (κ3) is 58.6. The molecule has 0 radical (unpaired) electrons. The monoisotopic (exact) mass is 280 g/mol. The maximum Gasteiger partial charge on any atom is 0.300 e. The number of hydrogen-bond acceptors (Lipinski definition) is 4. The first kappa shape index (κ1) is 23.4. The molecule has 0 fully saturated rings. The van der Waals surface area contributed by atoms with Gasteiger partial charge in [-0.2, -0.15) is 0 Å². The van der Waals surface area contributed by atoms with Crippen LogP contribution in [0.5, 0.6) is 0 Å². The van der Waals surface area contributed by atoms with E-state index in [4.69, 9.17) is 24.9 Å². The van der Waals surface area contributed by atoms with Crippen molar-refractivity contribution in [3.8, 4) is 0 Å². The van der Waals surface area contributed by atoms with Crippen LogP contribution in [0.25, 0.3) is 0 Å². The zero-order valence-corrected chi connectivity index (χ0v) is 12.9. The first-order valence-electron chi connectivity index (χ1n) is 7.05. The molecule has 0 spiro atoms. The number of aliphatic hydroxyl groups is 2. The molecule has 0 saturated heterocycles. The van der Waals surface area contributed by atoms with Gasteiger partial charge in [-0.3, -0.25) is 4.79 Å². The van der Waals surface area contributed by atoms with E-state index >= 15 is 0 Å². The molecule has 0 saturated carbocycles. The number of aliphatic carboxylic acids is 1. The minimum atomic E-state index is -1.10. The smallest absolute Gasteiger partial charge is 0.300 e. The van der Waals surface area contributed by atoms with Crippen LogP contribution < -0.4 is 0 Å². The SMILES string of the molecule is CC(=O)O.CCCC(O)O.CCCCOCCCC. The number of rotatable bonds is 8. The number of carboxylic acid groups (broad SMARTS) is 1. The Hall–Kier alpha value is -0.650. The fourth-order valence-corrected chi connectivity index (χ4v) is 0.853. The van der Waals surface area contributed by atoms with Crippen molar-refractivity contribution in [2.24, 2.45) is 0 Å². The molecular formula is C14H32O5.